The molecule has 0 fully saturated rings. The lowest BCUT2D eigenvalue weighted by atomic mass is 10.2. The third-order valence-corrected chi connectivity index (χ3v) is 3.83. The van der Waals surface area contributed by atoms with Crippen molar-refractivity contribution in [3.63, 3.8) is 0 Å². The van der Waals surface area contributed by atoms with E-state index in [0.717, 1.165) is 19.5 Å². The van der Waals surface area contributed by atoms with Crippen molar-refractivity contribution in [2.45, 2.75) is 25.0 Å². The molecule has 3 nitrogen and oxygen atoms in total. The molecule has 0 atom stereocenters. The minimum absolute atomic E-state index is 0.326. The molecule has 86 valence electrons. The van der Waals surface area contributed by atoms with Crippen LogP contribution in [0.2, 0.25) is 0 Å². The molecular weight excluding hydrogens is 206 g/mol. The van der Waals surface area contributed by atoms with E-state index in [1.54, 1.807) is 0 Å². The summed E-state index contributed by atoms with van der Waals surface area (Å²) in [6.07, 6.45) is 5.05. The zero-order valence-corrected chi connectivity index (χ0v) is 10.9. The molecule has 0 amide bonds. The van der Waals surface area contributed by atoms with Crippen LogP contribution in [0.25, 0.3) is 0 Å². The van der Waals surface area contributed by atoms with Crippen LogP contribution in [0.15, 0.2) is 12.3 Å². The summed E-state index contributed by atoms with van der Waals surface area (Å²) in [4.78, 5) is 0. The van der Waals surface area contributed by atoms with Crippen LogP contribution in [0.3, 0.4) is 0 Å². The second-order valence-electron chi connectivity index (χ2n) is 4.34. The van der Waals surface area contributed by atoms with Gasteiger partial charge in [0, 0.05) is 43.2 Å². The molecule has 1 heterocycles. The average molecular weight is 227 g/mol. The Balaban J connectivity index is 2.20. The van der Waals surface area contributed by atoms with E-state index in [-0.39, 0.29) is 0 Å². The van der Waals surface area contributed by atoms with Gasteiger partial charge in [-0.05, 0) is 26.2 Å². The zero-order chi connectivity index (χ0) is 11.3. The Labute approximate surface area is 96.6 Å². The number of thioether (sulfide) groups is 1. The first-order chi connectivity index (χ1) is 7.05. The summed E-state index contributed by atoms with van der Waals surface area (Å²) in [6, 6.07) is 2.07. The van der Waals surface area contributed by atoms with Gasteiger partial charge in [-0.25, -0.2) is 0 Å². The topological polar surface area (TPSA) is 29.9 Å². The number of hydrogen-bond acceptors (Lipinski definition) is 3. The van der Waals surface area contributed by atoms with E-state index in [1.165, 1.54) is 5.69 Å². The van der Waals surface area contributed by atoms with Crippen molar-refractivity contribution in [1.82, 2.24) is 15.1 Å². The first-order valence-corrected chi connectivity index (χ1v) is 6.50. The summed E-state index contributed by atoms with van der Waals surface area (Å²) in [5, 5.41) is 7.63. The molecule has 0 bridgehead atoms. The summed E-state index contributed by atoms with van der Waals surface area (Å²) in [5.41, 5.74) is 1.28. The number of hydrogen-bond donors (Lipinski definition) is 1. The summed E-state index contributed by atoms with van der Waals surface area (Å²) >= 11 is 1.90. The summed E-state index contributed by atoms with van der Waals surface area (Å²) in [7, 11) is 1.99. The number of nitrogens with zero attached hydrogens (tertiary/aromatic N) is 2. The average Bonchev–Trinajstić information content (AvgIpc) is 2.59. The van der Waals surface area contributed by atoms with Gasteiger partial charge in [-0.3, -0.25) is 4.68 Å². The predicted octanol–water partition coefficient (Wildman–Crippen LogP) is 1.69. The molecule has 0 aromatic carbocycles. The van der Waals surface area contributed by atoms with Gasteiger partial charge in [-0.2, -0.15) is 16.9 Å². The monoisotopic (exact) mass is 227 g/mol. The molecule has 0 aliphatic heterocycles. The Kier molecular flexibility index (Phi) is 4.67. The lowest BCUT2D eigenvalue weighted by molar-refractivity contribution is 0.580. The summed E-state index contributed by atoms with van der Waals surface area (Å²) < 4.78 is 2.26. The van der Waals surface area contributed by atoms with E-state index in [9.17, 15) is 0 Å². The van der Waals surface area contributed by atoms with Crippen molar-refractivity contribution in [1.29, 1.82) is 0 Å². The highest BCUT2D eigenvalue weighted by atomic mass is 32.2. The quantitative estimate of drug-likeness (QED) is 0.750. The zero-order valence-electron chi connectivity index (χ0n) is 10.1. The fourth-order valence-electron chi connectivity index (χ4n) is 1.32. The van der Waals surface area contributed by atoms with Crippen LogP contribution >= 0.6 is 11.8 Å². The first kappa shape index (κ1) is 12.6. The normalized spacial score (nSPS) is 12.0. The maximum atomic E-state index is 4.15. The smallest absolute Gasteiger partial charge is 0.0492 e. The van der Waals surface area contributed by atoms with Crippen molar-refractivity contribution in [3.05, 3.63) is 18.0 Å². The van der Waals surface area contributed by atoms with Gasteiger partial charge >= 0.3 is 0 Å². The predicted molar refractivity (Wildman–Crippen MR) is 67.4 cm³/mol. The van der Waals surface area contributed by atoms with Crippen LogP contribution in [0.1, 0.15) is 19.5 Å². The standard InChI is InChI=1S/C11H21N3S/c1-11(2,15-4)9-12-7-5-10-6-8-13-14(10)3/h6,8,12H,5,7,9H2,1-4H3. The van der Waals surface area contributed by atoms with Gasteiger partial charge in [0.25, 0.3) is 0 Å². The van der Waals surface area contributed by atoms with Crippen LogP contribution in [0.4, 0.5) is 0 Å². The van der Waals surface area contributed by atoms with Crippen LogP contribution in [0, 0.1) is 0 Å². The number of rotatable bonds is 6. The molecule has 1 aromatic heterocycles. The highest BCUT2D eigenvalue weighted by Crippen LogP contribution is 2.19. The van der Waals surface area contributed by atoms with Gasteiger partial charge in [-0.1, -0.05) is 0 Å². The van der Waals surface area contributed by atoms with E-state index >= 15 is 0 Å². The molecule has 0 saturated carbocycles. The second-order valence-corrected chi connectivity index (χ2v) is 5.85. The number of aryl methyl sites for hydroxylation is 1. The Morgan fingerprint density at radius 2 is 2.27 bits per heavy atom. The molecular formula is C11H21N3S. The van der Waals surface area contributed by atoms with Crippen molar-refractivity contribution >= 4 is 11.8 Å². The van der Waals surface area contributed by atoms with Crippen LogP contribution in [-0.2, 0) is 13.5 Å². The van der Waals surface area contributed by atoms with Crippen molar-refractivity contribution in [2.24, 2.45) is 7.05 Å². The minimum atomic E-state index is 0.326. The molecule has 1 N–H and O–H groups in total. The van der Waals surface area contributed by atoms with Gasteiger partial charge < -0.3 is 5.32 Å². The highest BCUT2D eigenvalue weighted by molar-refractivity contribution is 7.99. The fourth-order valence-corrected chi connectivity index (χ4v) is 1.57. The molecule has 0 saturated heterocycles. The molecule has 0 aliphatic carbocycles. The Morgan fingerprint density at radius 1 is 1.53 bits per heavy atom. The Hall–Kier alpha value is -0.480. The molecule has 4 heteroatoms. The van der Waals surface area contributed by atoms with Crippen molar-refractivity contribution < 1.29 is 0 Å². The van der Waals surface area contributed by atoms with Crippen LogP contribution in [-0.4, -0.2) is 33.9 Å². The molecule has 1 rings (SSSR count). The molecule has 15 heavy (non-hydrogen) atoms. The molecule has 0 aliphatic rings. The van der Waals surface area contributed by atoms with E-state index in [0.29, 0.717) is 4.75 Å². The third kappa shape index (κ3) is 4.26. The van der Waals surface area contributed by atoms with Crippen molar-refractivity contribution in [2.75, 3.05) is 19.3 Å². The number of nitrogens with one attached hydrogen (secondary N) is 1. The van der Waals surface area contributed by atoms with Gasteiger partial charge in [0.05, 0.1) is 0 Å². The highest BCUT2D eigenvalue weighted by Gasteiger charge is 2.14. The molecule has 1 aromatic rings. The molecule has 0 radical (unpaired) electrons. The van der Waals surface area contributed by atoms with Gasteiger partial charge in [0.1, 0.15) is 0 Å². The van der Waals surface area contributed by atoms with Gasteiger partial charge in [0.2, 0.25) is 0 Å². The lowest BCUT2D eigenvalue weighted by Gasteiger charge is -2.22. The maximum Gasteiger partial charge on any atom is 0.0492 e. The maximum absolute atomic E-state index is 4.15. The second kappa shape index (κ2) is 5.56. The fraction of sp³-hybridized carbons (Fsp3) is 0.727. The lowest BCUT2D eigenvalue weighted by Crippen LogP contribution is -2.33. The van der Waals surface area contributed by atoms with E-state index < -0.39 is 0 Å². The largest absolute Gasteiger partial charge is 0.315 e. The van der Waals surface area contributed by atoms with Crippen molar-refractivity contribution in [3.8, 4) is 0 Å². The SMILES string of the molecule is CSC(C)(C)CNCCc1ccnn1C. The molecule has 0 spiro atoms. The van der Waals surface area contributed by atoms with E-state index in [2.05, 4.69) is 36.6 Å². The van der Waals surface area contributed by atoms with Gasteiger partial charge in [0.15, 0.2) is 0 Å². The van der Waals surface area contributed by atoms with E-state index in [1.807, 2.05) is 29.7 Å². The summed E-state index contributed by atoms with van der Waals surface area (Å²) in [5.74, 6) is 0. The third-order valence-electron chi connectivity index (χ3n) is 2.58. The van der Waals surface area contributed by atoms with Crippen LogP contribution in [0.5, 0.6) is 0 Å². The molecule has 0 unspecified atom stereocenters. The Morgan fingerprint density at radius 3 is 2.80 bits per heavy atom. The summed E-state index contributed by atoms with van der Waals surface area (Å²) in [6.45, 7) is 6.58. The number of aromatic nitrogens is 2. The van der Waals surface area contributed by atoms with Crippen LogP contribution < -0.4 is 5.32 Å². The first-order valence-electron chi connectivity index (χ1n) is 5.28. The van der Waals surface area contributed by atoms with Gasteiger partial charge in [-0.15, -0.1) is 0 Å². The Bertz CT molecular complexity index is 294. The minimum Gasteiger partial charge on any atom is -0.315 e. The van der Waals surface area contributed by atoms with E-state index in [4.69, 9.17) is 0 Å².